The van der Waals surface area contributed by atoms with Crippen molar-refractivity contribution in [1.29, 1.82) is 0 Å². The lowest BCUT2D eigenvalue weighted by Gasteiger charge is -2.36. The largest absolute Gasteiger partial charge is 0.376 e. The van der Waals surface area contributed by atoms with Crippen molar-refractivity contribution in [2.24, 2.45) is 0 Å². The first-order chi connectivity index (χ1) is 16.3. The third kappa shape index (κ3) is 4.39. The Morgan fingerprint density at radius 3 is 2.74 bits per heavy atom. The number of morpholine rings is 1. The zero-order valence-corrected chi connectivity index (χ0v) is 21.2. The van der Waals surface area contributed by atoms with E-state index in [-0.39, 0.29) is 29.8 Å². The average Bonchev–Trinajstić information content (AvgIpc) is 3.39. The van der Waals surface area contributed by atoms with E-state index in [0.717, 1.165) is 18.4 Å². The van der Waals surface area contributed by atoms with Crippen LogP contribution in [0.5, 0.6) is 0 Å². The van der Waals surface area contributed by atoms with Gasteiger partial charge in [0.1, 0.15) is 15.8 Å². The van der Waals surface area contributed by atoms with Crippen LogP contribution >= 0.6 is 24.0 Å². The number of carbonyl (C=O) groups excluding carboxylic acids is 1. The van der Waals surface area contributed by atoms with E-state index in [1.807, 2.05) is 32.9 Å². The lowest BCUT2D eigenvalue weighted by Crippen LogP contribution is -2.46. The minimum Gasteiger partial charge on any atom is -0.376 e. The Kier molecular flexibility index (Phi) is 6.49. The second-order valence-corrected chi connectivity index (χ2v) is 10.8. The van der Waals surface area contributed by atoms with Crippen LogP contribution in [-0.4, -0.2) is 69.1 Å². The van der Waals surface area contributed by atoms with Gasteiger partial charge in [-0.2, -0.15) is 0 Å². The van der Waals surface area contributed by atoms with E-state index in [2.05, 4.69) is 4.90 Å². The summed E-state index contributed by atoms with van der Waals surface area (Å²) in [6.45, 7) is 8.34. The number of carbonyl (C=O) groups is 1. The van der Waals surface area contributed by atoms with Crippen LogP contribution in [0.25, 0.3) is 11.7 Å². The second-order valence-electron chi connectivity index (χ2n) is 9.13. The van der Waals surface area contributed by atoms with Gasteiger partial charge in [-0.1, -0.05) is 30.0 Å². The number of nitrogens with zero attached hydrogens (tertiary/aromatic N) is 4. The first-order valence-electron chi connectivity index (χ1n) is 11.6. The van der Waals surface area contributed by atoms with Crippen molar-refractivity contribution in [2.45, 2.75) is 51.9 Å². The summed E-state index contributed by atoms with van der Waals surface area (Å²) >= 11 is 6.73. The molecule has 2 aromatic rings. The molecule has 0 saturated carbocycles. The summed E-state index contributed by atoms with van der Waals surface area (Å²) in [5.74, 6) is 0.389. The summed E-state index contributed by atoms with van der Waals surface area (Å²) in [5, 5.41) is 0. The summed E-state index contributed by atoms with van der Waals surface area (Å²) in [7, 11) is 0. The third-order valence-corrected chi connectivity index (χ3v) is 7.72. The van der Waals surface area contributed by atoms with Crippen LogP contribution in [-0.2, 0) is 14.3 Å². The van der Waals surface area contributed by atoms with Crippen molar-refractivity contribution >= 4 is 51.7 Å². The van der Waals surface area contributed by atoms with Crippen LogP contribution in [0.15, 0.2) is 28.0 Å². The molecule has 0 bridgehead atoms. The molecular weight excluding hydrogens is 472 g/mol. The highest BCUT2D eigenvalue weighted by Gasteiger charge is 2.35. The van der Waals surface area contributed by atoms with Crippen molar-refractivity contribution in [3.8, 4) is 0 Å². The summed E-state index contributed by atoms with van der Waals surface area (Å²) < 4.78 is 13.6. The lowest BCUT2D eigenvalue weighted by molar-refractivity contribution is -0.123. The van der Waals surface area contributed by atoms with E-state index in [1.165, 1.54) is 11.8 Å². The Morgan fingerprint density at radius 1 is 1.26 bits per heavy atom. The van der Waals surface area contributed by atoms with Gasteiger partial charge in [0.2, 0.25) is 0 Å². The van der Waals surface area contributed by atoms with Crippen LogP contribution in [0.4, 0.5) is 5.82 Å². The number of pyridine rings is 1. The minimum absolute atomic E-state index is 0.00153. The van der Waals surface area contributed by atoms with E-state index in [9.17, 15) is 9.59 Å². The predicted molar refractivity (Wildman–Crippen MR) is 137 cm³/mol. The quantitative estimate of drug-likeness (QED) is 0.469. The maximum absolute atomic E-state index is 13.7. The molecule has 8 nitrogen and oxygen atoms in total. The second kappa shape index (κ2) is 9.41. The molecule has 180 valence electrons. The average molecular weight is 501 g/mol. The van der Waals surface area contributed by atoms with Gasteiger partial charge in [-0.25, -0.2) is 4.98 Å². The van der Waals surface area contributed by atoms with Crippen LogP contribution in [0.3, 0.4) is 0 Å². The molecule has 0 radical (unpaired) electrons. The molecular formula is C24H28N4O4S2. The van der Waals surface area contributed by atoms with Crippen molar-refractivity contribution < 1.29 is 14.3 Å². The standard InChI is InChI=1S/C24H28N4O4S2/c1-14-6-4-8-27-20(14)25-21(26-11-15(2)32-16(3)12-26)18(22(27)29)10-19-23(30)28(24(33)34-19)13-17-7-5-9-31-17/h4,6,8,10,15-17H,5,7,9,11-13H2,1-3H3/b19-10+. The molecule has 10 heteroatoms. The number of rotatable bonds is 4. The molecule has 34 heavy (non-hydrogen) atoms. The number of ether oxygens (including phenoxy) is 2. The van der Waals surface area contributed by atoms with Gasteiger partial charge in [0.25, 0.3) is 11.5 Å². The van der Waals surface area contributed by atoms with Gasteiger partial charge in [0, 0.05) is 25.9 Å². The fraction of sp³-hybridized carbons (Fsp3) is 0.500. The van der Waals surface area contributed by atoms with E-state index < -0.39 is 0 Å². The number of thiocarbonyl (C=S) groups is 1. The normalized spacial score (nSPS) is 26.9. The van der Waals surface area contributed by atoms with Crippen molar-refractivity contribution in [3.05, 3.63) is 44.7 Å². The van der Waals surface area contributed by atoms with Crippen LogP contribution in [0.1, 0.15) is 37.8 Å². The summed E-state index contributed by atoms with van der Waals surface area (Å²) in [4.78, 5) is 36.0. The van der Waals surface area contributed by atoms with Gasteiger partial charge in [0.05, 0.1) is 35.3 Å². The molecule has 3 aliphatic heterocycles. The minimum atomic E-state index is -0.208. The SMILES string of the molecule is Cc1cccn2c(=O)c(/C=C3/SC(=S)N(CC4CCCO4)C3=O)c(N3CC(C)OC(C)C3)nc12. The molecule has 5 heterocycles. The number of thioether (sulfide) groups is 1. The van der Waals surface area contributed by atoms with E-state index >= 15 is 0 Å². The molecule has 5 rings (SSSR count). The van der Waals surface area contributed by atoms with Crippen LogP contribution < -0.4 is 10.5 Å². The molecule has 3 fully saturated rings. The fourth-order valence-electron chi connectivity index (χ4n) is 4.80. The van der Waals surface area contributed by atoms with E-state index in [4.69, 9.17) is 26.7 Å². The highest BCUT2D eigenvalue weighted by atomic mass is 32.2. The Labute approximate surface area is 207 Å². The molecule has 3 atom stereocenters. The van der Waals surface area contributed by atoms with Crippen molar-refractivity contribution in [3.63, 3.8) is 0 Å². The molecule has 0 spiro atoms. The van der Waals surface area contributed by atoms with E-state index in [1.54, 1.807) is 21.6 Å². The Bertz CT molecular complexity index is 1230. The number of hydrogen-bond acceptors (Lipinski definition) is 8. The summed E-state index contributed by atoms with van der Waals surface area (Å²) in [5.41, 5.74) is 1.70. The van der Waals surface area contributed by atoms with Gasteiger partial charge in [-0.3, -0.25) is 18.9 Å². The molecule has 2 aromatic heterocycles. The topological polar surface area (TPSA) is 76.4 Å². The maximum atomic E-state index is 13.7. The van der Waals surface area contributed by atoms with Gasteiger partial charge < -0.3 is 14.4 Å². The Balaban J connectivity index is 1.59. The number of amides is 1. The summed E-state index contributed by atoms with van der Waals surface area (Å²) in [6.07, 6.45) is 5.29. The first-order valence-corrected chi connectivity index (χ1v) is 12.8. The first kappa shape index (κ1) is 23.5. The van der Waals surface area contributed by atoms with Gasteiger partial charge in [-0.05, 0) is 51.3 Å². The predicted octanol–water partition coefficient (Wildman–Crippen LogP) is 3.00. The Morgan fingerprint density at radius 2 is 2.03 bits per heavy atom. The monoisotopic (exact) mass is 500 g/mol. The van der Waals surface area contributed by atoms with Crippen molar-refractivity contribution in [2.75, 3.05) is 31.1 Å². The Hall–Kier alpha value is -2.27. The fourth-order valence-corrected chi connectivity index (χ4v) is 6.06. The van der Waals surface area contributed by atoms with E-state index in [0.29, 0.717) is 52.5 Å². The summed E-state index contributed by atoms with van der Waals surface area (Å²) in [6, 6.07) is 3.76. The number of aryl methyl sites for hydroxylation is 1. The number of fused-ring (bicyclic) bond motifs is 1. The maximum Gasteiger partial charge on any atom is 0.267 e. The van der Waals surface area contributed by atoms with Gasteiger partial charge in [-0.15, -0.1) is 0 Å². The third-order valence-electron chi connectivity index (χ3n) is 6.34. The molecule has 1 amide bonds. The number of anilines is 1. The molecule has 0 N–H and O–H groups in total. The lowest BCUT2D eigenvalue weighted by atomic mass is 10.1. The van der Waals surface area contributed by atoms with Gasteiger partial charge in [0.15, 0.2) is 0 Å². The van der Waals surface area contributed by atoms with Crippen molar-refractivity contribution in [1.82, 2.24) is 14.3 Å². The van der Waals surface area contributed by atoms with Crippen LogP contribution in [0.2, 0.25) is 0 Å². The smallest absolute Gasteiger partial charge is 0.267 e. The molecule has 3 saturated heterocycles. The molecule has 3 unspecified atom stereocenters. The van der Waals surface area contributed by atoms with Gasteiger partial charge >= 0.3 is 0 Å². The highest BCUT2D eigenvalue weighted by Crippen LogP contribution is 2.35. The molecule has 0 aromatic carbocycles. The zero-order valence-electron chi connectivity index (χ0n) is 19.5. The molecule has 3 aliphatic rings. The number of aromatic nitrogens is 2. The number of hydrogen-bond donors (Lipinski definition) is 0. The zero-order chi connectivity index (χ0) is 24.0. The highest BCUT2D eigenvalue weighted by molar-refractivity contribution is 8.26. The molecule has 0 aliphatic carbocycles. The van der Waals surface area contributed by atoms with Crippen LogP contribution in [0, 0.1) is 6.92 Å².